The van der Waals surface area contributed by atoms with Gasteiger partial charge in [0, 0.05) is 44.8 Å². The van der Waals surface area contributed by atoms with Crippen molar-refractivity contribution >= 4 is 11.6 Å². The molecule has 0 saturated carbocycles. The lowest BCUT2D eigenvalue weighted by Crippen LogP contribution is -2.47. The van der Waals surface area contributed by atoms with Gasteiger partial charge >= 0.3 is 0 Å². The number of likely N-dealkylation sites (N-methyl/N-ethyl adjacent to an activating group) is 1. The predicted octanol–water partition coefficient (Wildman–Crippen LogP) is 2.39. The number of nitrogens with zero attached hydrogens (tertiary/aromatic N) is 2. The number of para-hydroxylation sites is 1. The molecule has 2 rings (SSSR count). The molecular formula is C17H27N3O. The summed E-state index contributed by atoms with van der Waals surface area (Å²) in [7, 11) is 2.10. The molecule has 0 bridgehead atoms. The van der Waals surface area contributed by atoms with E-state index in [-0.39, 0.29) is 5.91 Å². The Labute approximate surface area is 128 Å². The average molecular weight is 289 g/mol. The van der Waals surface area contributed by atoms with Crippen molar-refractivity contribution in [1.82, 2.24) is 9.80 Å². The Bertz CT molecular complexity index is 465. The maximum absolute atomic E-state index is 12.2. The van der Waals surface area contributed by atoms with Crippen molar-refractivity contribution in [3.8, 4) is 0 Å². The molecular weight excluding hydrogens is 262 g/mol. The van der Waals surface area contributed by atoms with E-state index in [0.717, 1.165) is 31.9 Å². The highest BCUT2D eigenvalue weighted by molar-refractivity contribution is 5.77. The zero-order valence-electron chi connectivity index (χ0n) is 13.4. The number of amides is 1. The third-order valence-electron chi connectivity index (χ3n) is 4.09. The quantitative estimate of drug-likeness (QED) is 0.904. The second-order valence-corrected chi connectivity index (χ2v) is 6.10. The van der Waals surface area contributed by atoms with Gasteiger partial charge < -0.3 is 15.1 Å². The van der Waals surface area contributed by atoms with Gasteiger partial charge in [-0.25, -0.2) is 0 Å². The fourth-order valence-electron chi connectivity index (χ4n) is 2.68. The van der Waals surface area contributed by atoms with Crippen LogP contribution in [-0.2, 0) is 4.79 Å². The molecule has 0 atom stereocenters. The van der Waals surface area contributed by atoms with Gasteiger partial charge in [-0.15, -0.1) is 0 Å². The molecule has 0 aliphatic carbocycles. The Morgan fingerprint density at radius 2 is 1.86 bits per heavy atom. The van der Waals surface area contributed by atoms with E-state index in [2.05, 4.69) is 49.3 Å². The molecule has 1 N–H and O–H groups in total. The minimum atomic E-state index is 0.262. The van der Waals surface area contributed by atoms with Gasteiger partial charge in [-0.2, -0.15) is 0 Å². The SMILES string of the molecule is CC(C)c1ccccc1NCCC(=O)N1CCN(C)CC1. The van der Waals surface area contributed by atoms with Crippen molar-refractivity contribution in [2.75, 3.05) is 45.1 Å². The molecule has 1 aromatic rings. The third kappa shape index (κ3) is 4.46. The fourth-order valence-corrected chi connectivity index (χ4v) is 2.68. The van der Waals surface area contributed by atoms with Crippen LogP contribution in [-0.4, -0.2) is 55.5 Å². The van der Waals surface area contributed by atoms with Gasteiger partial charge in [-0.1, -0.05) is 32.0 Å². The van der Waals surface area contributed by atoms with Crippen LogP contribution in [0.1, 0.15) is 31.7 Å². The Morgan fingerprint density at radius 1 is 1.19 bits per heavy atom. The molecule has 0 spiro atoms. The number of carbonyl (C=O) groups excluding carboxylic acids is 1. The summed E-state index contributed by atoms with van der Waals surface area (Å²) >= 11 is 0. The zero-order chi connectivity index (χ0) is 15.2. The maximum Gasteiger partial charge on any atom is 0.224 e. The molecule has 0 radical (unpaired) electrons. The van der Waals surface area contributed by atoms with Crippen LogP contribution >= 0.6 is 0 Å². The Balaban J connectivity index is 1.80. The highest BCUT2D eigenvalue weighted by atomic mass is 16.2. The van der Waals surface area contributed by atoms with Crippen LogP contribution in [0.25, 0.3) is 0 Å². The number of hydrogen-bond acceptors (Lipinski definition) is 3. The van der Waals surface area contributed by atoms with Crippen LogP contribution < -0.4 is 5.32 Å². The molecule has 4 heteroatoms. The van der Waals surface area contributed by atoms with E-state index in [1.54, 1.807) is 0 Å². The smallest absolute Gasteiger partial charge is 0.224 e. The number of anilines is 1. The molecule has 1 aliphatic heterocycles. The topological polar surface area (TPSA) is 35.6 Å². The van der Waals surface area contributed by atoms with Crippen LogP contribution in [0, 0.1) is 0 Å². The largest absolute Gasteiger partial charge is 0.384 e. The molecule has 21 heavy (non-hydrogen) atoms. The number of nitrogens with one attached hydrogen (secondary N) is 1. The van der Waals surface area contributed by atoms with Crippen LogP contribution in [0.4, 0.5) is 5.69 Å². The van der Waals surface area contributed by atoms with E-state index in [9.17, 15) is 4.79 Å². The molecule has 1 aromatic carbocycles. The lowest BCUT2D eigenvalue weighted by atomic mass is 10.0. The Hall–Kier alpha value is -1.55. The van der Waals surface area contributed by atoms with Crippen LogP contribution in [0.15, 0.2) is 24.3 Å². The summed E-state index contributed by atoms with van der Waals surface area (Å²) in [5, 5.41) is 3.42. The monoisotopic (exact) mass is 289 g/mol. The number of hydrogen-bond donors (Lipinski definition) is 1. The van der Waals surface area contributed by atoms with E-state index < -0.39 is 0 Å². The minimum Gasteiger partial charge on any atom is -0.384 e. The van der Waals surface area contributed by atoms with Crippen molar-refractivity contribution in [3.05, 3.63) is 29.8 Å². The second-order valence-electron chi connectivity index (χ2n) is 6.10. The highest BCUT2D eigenvalue weighted by Gasteiger charge is 2.18. The lowest BCUT2D eigenvalue weighted by molar-refractivity contribution is -0.132. The standard InChI is InChI=1S/C17H27N3O/c1-14(2)15-6-4-5-7-16(15)18-9-8-17(21)20-12-10-19(3)11-13-20/h4-7,14,18H,8-13H2,1-3H3. The van der Waals surface area contributed by atoms with E-state index in [1.165, 1.54) is 5.56 Å². The first-order valence-electron chi connectivity index (χ1n) is 7.87. The lowest BCUT2D eigenvalue weighted by Gasteiger charge is -2.32. The molecule has 116 valence electrons. The molecule has 1 heterocycles. The fraction of sp³-hybridized carbons (Fsp3) is 0.588. The van der Waals surface area contributed by atoms with Crippen LogP contribution in [0.2, 0.25) is 0 Å². The molecule has 0 unspecified atom stereocenters. The first kappa shape index (κ1) is 15.8. The van der Waals surface area contributed by atoms with Gasteiger partial charge in [0.25, 0.3) is 0 Å². The van der Waals surface area contributed by atoms with E-state index >= 15 is 0 Å². The summed E-state index contributed by atoms with van der Waals surface area (Å²) in [5.74, 6) is 0.750. The average Bonchev–Trinajstić information content (AvgIpc) is 2.48. The molecule has 1 fully saturated rings. The number of piperazine rings is 1. The van der Waals surface area contributed by atoms with Gasteiger partial charge in [0.15, 0.2) is 0 Å². The second kappa shape index (κ2) is 7.46. The van der Waals surface area contributed by atoms with Gasteiger partial charge in [0.1, 0.15) is 0 Å². The number of carbonyl (C=O) groups is 1. The summed E-state index contributed by atoms with van der Waals surface area (Å²) in [6.45, 7) is 8.77. The molecule has 1 aliphatic rings. The summed E-state index contributed by atoms with van der Waals surface area (Å²) in [4.78, 5) is 16.4. The molecule has 0 aromatic heterocycles. The van der Waals surface area contributed by atoms with Crippen molar-refractivity contribution in [1.29, 1.82) is 0 Å². The van der Waals surface area contributed by atoms with E-state index in [4.69, 9.17) is 0 Å². The van der Waals surface area contributed by atoms with Gasteiger partial charge in [-0.3, -0.25) is 4.79 Å². The van der Waals surface area contributed by atoms with Crippen LogP contribution in [0.5, 0.6) is 0 Å². The van der Waals surface area contributed by atoms with E-state index in [0.29, 0.717) is 18.9 Å². The summed E-state index contributed by atoms with van der Waals surface area (Å²) in [6.07, 6.45) is 0.566. The van der Waals surface area contributed by atoms with Crippen molar-refractivity contribution in [2.45, 2.75) is 26.2 Å². The predicted molar refractivity (Wildman–Crippen MR) is 87.7 cm³/mol. The normalized spacial score (nSPS) is 16.3. The van der Waals surface area contributed by atoms with Gasteiger partial charge in [0.2, 0.25) is 5.91 Å². The summed E-state index contributed by atoms with van der Waals surface area (Å²) < 4.78 is 0. The first-order valence-corrected chi connectivity index (χ1v) is 7.87. The minimum absolute atomic E-state index is 0.262. The van der Waals surface area contributed by atoms with Gasteiger partial charge in [0.05, 0.1) is 0 Å². The first-order chi connectivity index (χ1) is 10.1. The zero-order valence-corrected chi connectivity index (χ0v) is 13.4. The Kier molecular flexibility index (Phi) is 5.62. The summed E-state index contributed by atoms with van der Waals surface area (Å²) in [5.41, 5.74) is 2.46. The maximum atomic E-state index is 12.2. The highest BCUT2D eigenvalue weighted by Crippen LogP contribution is 2.23. The number of rotatable bonds is 5. The van der Waals surface area contributed by atoms with Crippen molar-refractivity contribution in [2.24, 2.45) is 0 Å². The molecule has 1 amide bonds. The molecule has 1 saturated heterocycles. The number of benzene rings is 1. The summed E-state index contributed by atoms with van der Waals surface area (Å²) in [6, 6.07) is 8.34. The van der Waals surface area contributed by atoms with Gasteiger partial charge in [-0.05, 0) is 24.6 Å². The van der Waals surface area contributed by atoms with Crippen molar-refractivity contribution in [3.63, 3.8) is 0 Å². The Morgan fingerprint density at radius 3 is 2.52 bits per heavy atom. The third-order valence-corrected chi connectivity index (χ3v) is 4.09. The van der Waals surface area contributed by atoms with Crippen LogP contribution in [0.3, 0.4) is 0 Å². The van der Waals surface area contributed by atoms with Crippen molar-refractivity contribution < 1.29 is 4.79 Å². The van der Waals surface area contributed by atoms with E-state index in [1.807, 2.05) is 11.0 Å². The molecule has 4 nitrogen and oxygen atoms in total.